The molecule has 0 radical (unpaired) electrons. The van der Waals surface area contributed by atoms with Crippen molar-refractivity contribution in [2.45, 2.75) is 0 Å². The fourth-order valence-corrected chi connectivity index (χ4v) is 8.90. The summed E-state index contributed by atoms with van der Waals surface area (Å²) < 4.78 is 4.69. The van der Waals surface area contributed by atoms with Crippen LogP contribution >= 0.6 is 0 Å². The zero-order chi connectivity index (χ0) is 38.2. The normalized spacial score (nSPS) is 11.8. The summed E-state index contributed by atoms with van der Waals surface area (Å²) >= 11 is 0. The van der Waals surface area contributed by atoms with Crippen LogP contribution in [-0.4, -0.2) is 23.9 Å². The quantitative estimate of drug-likeness (QED) is 0.165. The Labute approximate surface area is 333 Å². The van der Waals surface area contributed by atoms with Gasteiger partial charge < -0.3 is 4.40 Å². The highest BCUT2D eigenvalue weighted by atomic mass is 15.2. The molecule has 0 aliphatic rings. The van der Waals surface area contributed by atoms with Crippen LogP contribution in [0, 0.1) is 0 Å². The summed E-state index contributed by atoms with van der Waals surface area (Å²) in [4.78, 5) is 16.1. The molecule has 0 saturated heterocycles. The van der Waals surface area contributed by atoms with E-state index in [-0.39, 0.29) is 0 Å². The van der Waals surface area contributed by atoms with Gasteiger partial charge in [-0.15, -0.1) is 0 Å². The van der Waals surface area contributed by atoms with Gasteiger partial charge in [-0.1, -0.05) is 164 Å². The molecule has 4 aromatic heterocycles. The molecule has 0 aliphatic heterocycles. The van der Waals surface area contributed by atoms with E-state index in [1.807, 2.05) is 12.1 Å². The molecule has 58 heavy (non-hydrogen) atoms. The average Bonchev–Trinajstić information content (AvgIpc) is 3.86. The van der Waals surface area contributed by atoms with E-state index in [1.165, 1.54) is 27.2 Å². The topological polar surface area (TPSA) is 48.0 Å². The van der Waals surface area contributed by atoms with Gasteiger partial charge in [0.05, 0.1) is 27.6 Å². The lowest BCUT2D eigenvalue weighted by molar-refractivity contribution is 0.955. The number of fused-ring (bicyclic) bond motifs is 12. The smallest absolute Gasteiger partial charge is 0.238 e. The third kappa shape index (κ3) is 5.00. The highest BCUT2D eigenvalue weighted by Gasteiger charge is 2.23. The first kappa shape index (κ1) is 32.4. The Kier molecular flexibility index (Phi) is 7.16. The molecular formula is C53H33N5. The van der Waals surface area contributed by atoms with Crippen molar-refractivity contribution in [1.82, 2.24) is 23.9 Å². The lowest BCUT2D eigenvalue weighted by atomic mass is 10.0. The number of hydrogen-bond donors (Lipinski definition) is 0. The van der Waals surface area contributed by atoms with Crippen LogP contribution in [-0.2, 0) is 0 Å². The molecule has 8 aromatic carbocycles. The Morgan fingerprint density at radius 1 is 0.310 bits per heavy atom. The van der Waals surface area contributed by atoms with Crippen molar-refractivity contribution >= 4 is 59.9 Å². The number of hydrogen-bond acceptors (Lipinski definition) is 3. The van der Waals surface area contributed by atoms with Crippen molar-refractivity contribution in [3.05, 3.63) is 200 Å². The van der Waals surface area contributed by atoms with E-state index in [1.54, 1.807) is 0 Å². The van der Waals surface area contributed by atoms with Gasteiger partial charge in [0.1, 0.15) is 0 Å². The third-order valence-corrected chi connectivity index (χ3v) is 11.5. The zero-order valence-corrected chi connectivity index (χ0v) is 31.3. The van der Waals surface area contributed by atoms with Crippen molar-refractivity contribution in [1.29, 1.82) is 0 Å². The molecule has 0 fully saturated rings. The molecule has 0 amide bonds. The molecule has 0 saturated carbocycles. The first-order chi connectivity index (χ1) is 28.8. The van der Waals surface area contributed by atoms with Gasteiger partial charge in [-0.2, -0.15) is 9.97 Å². The van der Waals surface area contributed by atoms with Gasteiger partial charge in [-0.25, -0.2) is 4.98 Å². The largest absolute Gasteiger partial charge is 0.309 e. The lowest BCUT2D eigenvalue weighted by Crippen LogP contribution is -2.07. The van der Waals surface area contributed by atoms with E-state index in [2.05, 4.69) is 197 Å². The Bertz CT molecular complexity index is 3460. The van der Waals surface area contributed by atoms with E-state index in [9.17, 15) is 0 Å². The molecule has 0 unspecified atom stereocenters. The van der Waals surface area contributed by atoms with Gasteiger partial charge in [0.15, 0.2) is 11.6 Å². The summed E-state index contributed by atoms with van der Waals surface area (Å²) in [6, 6.07) is 70.8. The zero-order valence-electron chi connectivity index (χ0n) is 31.3. The summed E-state index contributed by atoms with van der Waals surface area (Å²) in [6.45, 7) is 0. The molecule has 12 rings (SSSR count). The highest BCUT2D eigenvalue weighted by Crippen LogP contribution is 2.42. The fourth-order valence-electron chi connectivity index (χ4n) is 8.90. The predicted octanol–water partition coefficient (Wildman–Crippen LogP) is 13.3. The molecular weight excluding hydrogens is 707 g/mol. The highest BCUT2D eigenvalue weighted by molar-refractivity contribution is 6.28. The minimum Gasteiger partial charge on any atom is -0.309 e. The van der Waals surface area contributed by atoms with Crippen LogP contribution in [0.5, 0.6) is 0 Å². The van der Waals surface area contributed by atoms with E-state index in [0.717, 1.165) is 66.1 Å². The van der Waals surface area contributed by atoms with E-state index in [0.29, 0.717) is 17.6 Å². The van der Waals surface area contributed by atoms with Crippen LogP contribution in [0.25, 0.3) is 111 Å². The average molecular weight is 740 g/mol. The predicted molar refractivity (Wildman–Crippen MR) is 239 cm³/mol. The summed E-state index contributed by atoms with van der Waals surface area (Å²) in [6.07, 6.45) is 0. The number of rotatable bonds is 5. The van der Waals surface area contributed by atoms with Crippen LogP contribution in [0.4, 0.5) is 0 Å². The molecule has 0 N–H and O–H groups in total. The van der Waals surface area contributed by atoms with Crippen molar-refractivity contribution in [3.8, 4) is 51.0 Å². The van der Waals surface area contributed by atoms with Gasteiger partial charge in [0.2, 0.25) is 5.95 Å². The van der Waals surface area contributed by atoms with Crippen LogP contribution in [0.3, 0.4) is 0 Å². The number of aromatic nitrogens is 5. The summed E-state index contributed by atoms with van der Waals surface area (Å²) in [5, 5.41) is 7.01. The van der Waals surface area contributed by atoms with Gasteiger partial charge >= 0.3 is 0 Å². The van der Waals surface area contributed by atoms with E-state index >= 15 is 0 Å². The van der Waals surface area contributed by atoms with Crippen molar-refractivity contribution in [2.75, 3.05) is 0 Å². The maximum Gasteiger partial charge on any atom is 0.238 e. The molecule has 5 heteroatoms. The van der Waals surface area contributed by atoms with Crippen molar-refractivity contribution in [3.63, 3.8) is 0 Å². The van der Waals surface area contributed by atoms with Gasteiger partial charge in [0.25, 0.3) is 0 Å². The van der Waals surface area contributed by atoms with Gasteiger partial charge in [-0.05, 0) is 64.0 Å². The SMILES string of the molecule is c1ccc(-c2cccc(-c3nc(-c4cccc(-c5ccccc5)c4)nc(-n4c5ccccc5c5ccc6c7ccccc7n7c8ccccc8cc7c6c54)n3)c2)cc1. The first-order valence-corrected chi connectivity index (χ1v) is 19.6. The Morgan fingerprint density at radius 3 is 1.47 bits per heavy atom. The van der Waals surface area contributed by atoms with Crippen LogP contribution in [0.15, 0.2) is 200 Å². The maximum atomic E-state index is 5.41. The lowest BCUT2D eigenvalue weighted by Gasteiger charge is -2.15. The molecule has 0 aliphatic carbocycles. The number of nitrogens with zero attached hydrogens (tertiary/aromatic N) is 5. The molecule has 0 atom stereocenters. The summed E-state index contributed by atoms with van der Waals surface area (Å²) in [7, 11) is 0. The van der Waals surface area contributed by atoms with Crippen molar-refractivity contribution in [2.24, 2.45) is 0 Å². The molecule has 5 nitrogen and oxygen atoms in total. The minimum atomic E-state index is 0.566. The second kappa shape index (κ2) is 12.8. The Morgan fingerprint density at radius 2 is 0.810 bits per heavy atom. The fraction of sp³-hybridized carbons (Fsp3) is 0. The first-order valence-electron chi connectivity index (χ1n) is 19.6. The van der Waals surface area contributed by atoms with Crippen LogP contribution < -0.4 is 0 Å². The van der Waals surface area contributed by atoms with E-state index in [4.69, 9.17) is 15.0 Å². The molecule has 4 heterocycles. The second-order valence-electron chi connectivity index (χ2n) is 14.9. The Hall–Kier alpha value is -7.89. The van der Waals surface area contributed by atoms with Crippen molar-refractivity contribution < 1.29 is 0 Å². The standard InChI is InChI=1S/C53H33N5/c1-3-15-34(16-4-1)36-20-13-22-39(31-36)51-54-52(40-23-14-21-37(32-40)35-17-5-2-6-18-35)56-53(55-51)58-47-28-12-9-25-42(47)44-30-29-43-41-24-8-11-27-46(41)57-45-26-10-7-19-38(45)33-48(57)49(43)50(44)58/h1-33H. The van der Waals surface area contributed by atoms with Crippen LogP contribution in [0.2, 0.25) is 0 Å². The number of para-hydroxylation sites is 3. The second-order valence-corrected chi connectivity index (χ2v) is 14.9. The minimum absolute atomic E-state index is 0.566. The number of pyridine rings is 1. The maximum absolute atomic E-state index is 5.41. The van der Waals surface area contributed by atoms with Crippen LogP contribution in [0.1, 0.15) is 0 Å². The molecule has 12 aromatic rings. The third-order valence-electron chi connectivity index (χ3n) is 11.5. The van der Waals surface area contributed by atoms with E-state index < -0.39 is 0 Å². The summed E-state index contributed by atoms with van der Waals surface area (Å²) in [5.74, 6) is 1.78. The molecule has 270 valence electrons. The number of benzene rings is 8. The molecule has 0 bridgehead atoms. The Balaban J connectivity index is 1.21. The van der Waals surface area contributed by atoms with Gasteiger partial charge in [-0.3, -0.25) is 4.57 Å². The molecule has 0 spiro atoms. The van der Waals surface area contributed by atoms with Gasteiger partial charge in [0, 0.05) is 38.1 Å². The monoisotopic (exact) mass is 739 g/mol. The summed E-state index contributed by atoms with van der Waals surface area (Å²) in [5.41, 5.74) is 11.9.